The second-order valence-electron chi connectivity index (χ2n) is 6.63. The number of rotatable bonds is 3. The fourth-order valence-corrected chi connectivity index (χ4v) is 5.01. The molecule has 1 N–H and O–H groups in total. The van der Waals surface area contributed by atoms with Gasteiger partial charge in [-0.3, -0.25) is 9.69 Å². The van der Waals surface area contributed by atoms with Gasteiger partial charge in [-0.2, -0.15) is 4.31 Å². The third-order valence-electron chi connectivity index (χ3n) is 4.72. The summed E-state index contributed by atoms with van der Waals surface area (Å²) in [4.78, 5) is 14.0. The predicted octanol–water partition coefficient (Wildman–Crippen LogP) is -0.185. The first-order valence-electron chi connectivity index (χ1n) is 7.90. The maximum atomic E-state index is 12.7. The van der Waals surface area contributed by atoms with Crippen molar-refractivity contribution in [1.29, 1.82) is 0 Å². The van der Waals surface area contributed by atoms with E-state index in [1.165, 1.54) is 4.31 Å². The molecular formula is C16H23N3O4S. The van der Waals surface area contributed by atoms with Gasteiger partial charge in [0.15, 0.2) is 0 Å². The van der Waals surface area contributed by atoms with Gasteiger partial charge >= 0.3 is 0 Å². The number of nitrogens with one attached hydrogen (secondary N) is 1. The van der Waals surface area contributed by atoms with Crippen LogP contribution in [0.2, 0.25) is 0 Å². The summed E-state index contributed by atoms with van der Waals surface area (Å²) in [5.41, 5.74) is 0.393. The SMILES string of the molecule is CNC(=O)[C@@H]1COC2(CN1C)CN(S(=O)(=O)c1cccc(C)c1)C2. The lowest BCUT2D eigenvalue weighted by Crippen LogP contribution is -2.72. The molecular weight excluding hydrogens is 330 g/mol. The first kappa shape index (κ1) is 17.3. The summed E-state index contributed by atoms with van der Waals surface area (Å²) in [6.07, 6.45) is 0. The molecule has 132 valence electrons. The Morgan fingerprint density at radius 1 is 1.33 bits per heavy atom. The molecule has 0 unspecified atom stereocenters. The number of likely N-dealkylation sites (N-methyl/N-ethyl adjacent to an activating group) is 2. The van der Waals surface area contributed by atoms with Crippen LogP contribution in [0.1, 0.15) is 5.56 Å². The molecule has 0 aliphatic carbocycles. The molecule has 0 saturated carbocycles. The minimum Gasteiger partial charge on any atom is -0.369 e. The Morgan fingerprint density at radius 3 is 2.62 bits per heavy atom. The van der Waals surface area contributed by atoms with Crippen molar-refractivity contribution < 1.29 is 17.9 Å². The molecule has 1 amide bonds. The lowest BCUT2D eigenvalue weighted by atomic mass is 9.93. The van der Waals surface area contributed by atoms with E-state index in [9.17, 15) is 13.2 Å². The van der Waals surface area contributed by atoms with E-state index in [4.69, 9.17) is 4.74 Å². The van der Waals surface area contributed by atoms with Crippen LogP contribution in [0.4, 0.5) is 0 Å². The molecule has 1 aromatic carbocycles. The number of hydrogen-bond donors (Lipinski definition) is 1. The van der Waals surface area contributed by atoms with Gasteiger partial charge in [0.1, 0.15) is 11.6 Å². The predicted molar refractivity (Wildman–Crippen MR) is 89.1 cm³/mol. The Kier molecular flexibility index (Phi) is 4.41. The molecule has 1 aromatic rings. The zero-order chi connectivity index (χ0) is 17.5. The molecule has 1 atom stereocenters. The zero-order valence-corrected chi connectivity index (χ0v) is 15.0. The second-order valence-corrected chi connectivity index (χ2v) is 8.57. The Labute approximate surface area is 142 Å². The summed E-state index contributed by atoms with van der Waals surface area (Å²) in [5, 5.41) is 2.62. The molecule has 3 rings (SSSR count). The number of benzene rings is 1. The highest BCUT2D eigenvalue weighted by Gasteiger charge is 2.53. The average Bonchev–Trinajstić information content (AvgIpc) is 2.51. The number of carbonyl (C=O) groups is 1. The van der Waals surface area contributed by atoms with Crippen LogP contribution in [0, 0.1) is 6.92 Å². The van der Waals surface area contributed by atoms with Crippen molar-refractivity contribution in [2.75, 3.05) is 40.3 Å². The zero-order valence-electron chi connectivity index (χ0n) is 14.2. The Balaban J connectivity index is 1.68. The number of morpholine rings is 1. The third-order valence-corrected chi connectivity index (χ3v) is 6.51. The van der Waals surface area contributed by atoms with E-state index in [0.717, 1.165) is 5.56 Å². The molecule has 0 radical (unpaired) electrons. The molecule has 8 heteroatoms. The van der Waals surface area contributed by atoms with Crippen molar-refractivity contribution in [2.45, 2.75) is 23.5 Å². The van der Waals surface area contributed by atoms with Crippen LogP contribution < -0.4 is 5.32 Å². The van der Waals surface area contributed by atoms with Gasteiger partial charge in [0.05, 0.1) is 11.5 Å². The quantitative estimate of drug-likeness (QED) is 0.815. The molecule has 2 aliphatic rings. The molecule has 24 heavy (non-hydrogen) atoms. The lowest BCUT2D eigenvalue weighted by molar-refractivity contribution is -0.180. The molecule has 7 nitrogen and oxygen atoms in total. The van der Waals surface area contributed by atoms with E-state index in [-0.39, 0.29) is 18.6 Å². The van der Waals surface area contributed by atoms with Crippen LogP contribution in [-0.2, 0) is 19.6 Å². The first-order valence-corrected chi connectivity index (χ1v) is 9.34. The lowest BCUT2D eigenvalue weighted by Gasteiger charge is -2.53. The molecule has 2 heterocycles. The topological polar surface area (TPSA) is 79.0 Å². The van der Waals surface area contributed by atoms with Crippen molar-refractivity contribution in [3.8, 4) is 0 Å². The summed E-state index contributed by atoms with van der Waals surface area (Å²) in [6.45, 7) is 3.30. The van der Waals surface area contributed by atoms with Gasteiger partial charge in [-0.25, -0.2) is 8.42 Å². The fourth-order valence-electron chi connectivity index (χ4n) is 3.32. The Morgan fingerprint density at radius 2 is 2.04 bits per heavy atom. The third kappa shape index (κ3) is 2.95. The normalized spacial score (nSPS) is 24.5. The summed E-state index contributed by atoms with van der Waals surface area (Å²) in [7, 11) is -0.0363. The summed E-state index contributed by atoms with van der Waals surface area (Å²) in [6, 6.07) is 6.58. The Bertz CT molecular complexity index is 743. The van der Waals surface area contributed by atoms with Crippen LogP contribution >= 0.6 is 0 Å². The summed E-state index contributed by atoms with van der Waals surface area (Å²) in [5.74, 6) is -0.0871. The van der Waals surface area contributed by atoms with Crippen LogP contribution in [0.3, 0.4) is 0 Å². The molecule has 1 spiro atoms. The van der Waals surface area contributed by atoms with Gasteiger partial charge in [0.25, 0.3) is 0 Å². The molecule has 2 saturated heterocycles. The Hall–Kier alpha value is -1.48. The first-order chi connectivity index (χ1) is 11.3. The van der Waals surface area contributed by atoms with Gasteiger partial charge in [-0.05, 0) is 31.7 Å². The minimum absolute atomic E-state index is 0.0871. The fraction of sp³-hybridized carbons (Fsp3) is 0.562. The van der Waals surface area contributed by atoms with Crippen molar-refractivity contribution >= 4 is 15.9 Å². The van der Waals surface area contributed by atoms with Crippen LogP contribution in [0.5, 0.6) is 0 Å². The van der Waals surface area contributed by atoms with Crippen molar-refractivity contribution in [3.63, 3.8) is 0 Å². The van der Waals surface area contributed by atoms with Crippen molar-refractivity contribution in [3.05, 3.63) is 29.8 Å². The maximum Gasteiger partial charge on any atom is 0.243 e. The van der Waals surface area contributed by atoms with E-state index < -0.39 is 15.6 Å². The molecule has 0 bridgehead atoms. The van der Waals surface area contributed by atoms with Gasteiger partial charge in [-0.15, -0.1) is 0 Å². The van der Waals surface area contributed by atoms with Crippen molar-refractivity contribution in [1.82, 2.24) is 14.5 Å². The summed E-state index contributed by atoms with van der Waals surface area (Å²) < 4.78 is 32.7. The van der Waals surface area contributed by atoms with E-state index in [2.05, 4.69) is 5.32 Å². The number of ether oxygens (including phenoxy) is 1. The molecule has 2 aliphatic heterocycles. The highest BCUT2D eigenvalue weighted by atomic mass is 32.2. The van der Waals surface area contributed by atoms with Crippen LogP contribution in [-0.4, -0.2) is 75.5 Å². The monoisotopic (exact) mass is 353 g/mol. The van der Waals surface area contributed by atoms with Gasteiger partial charge < -0.3 is 10.1 Å². The molecule has 0 aromatic heterocycles. The standard InChI is InChI=1S/C16H23N3O4S/c1-12-5-4-6-13(7-12)24(21,22)19-10-16(11-19)9-18(3)14(8-23-16)15(20)17-2/h4-7,14H,8-11H2,1-3H3,(H,17,20)/t14-/m0/s1. The maximum absolute atomic E-state index is 12.7. The second kappa shape index (κ2) is 6.11. The molecule has 2 fully saturated rings. The minimum atomic E-state index is -3.50. The average molecular weight is 353 g/mol. The number of hydrogen-bond acceptors (Lipinski definition) is 5. The van der Waals surface area contributed by atoms with Crippen molar-refractivity contribution in [2.24, 2.45) is 0 Å². The number of carbonyl (C=O) groups excluding carboxylic acids is 1. The van der Waals surface area contributed by atoms with Crippen LogP contribution in [0.15, 0.2) is 29.2 Å². The highest BCUT2D eigenvalue weighted by molar-refractivity contribution is 7.89. The van der Waals surface area contributed by atoms with E-state index >= 15 is 0 Å². The summed E-state index contributed by atoms with van der Waals surface area (Å²) >= 11 is 0. The number of aryl methyl sites for hydroxylation is 1. The number of amides is 1. The van der Waals surface area contributed by atoms with E-state index in [0.29, 0.717) is 24.5 Å². The van der Waals surface area contributed by atoms with Gasteiger partial charge in [-0.1, -0.05) is 12.1 Å². The van der Waals surface area contributed by atoms with Gasteiger partial charge in [0.2, 0.25) is 15.9 Å². The highest BCUT2D eigenvalue weighted by Crippen LogP contribution is 2.34. The van der Waals surface area contributed by atoms with Crippen LogP contribution in [0.25, 0.3) is 0 Å². The smallest absolute Gasteiger partial charge is 0.243 e. The van der Waals surface area contributed by atoms with E-state index in [1.54, 1.807) is 25.2 Å². The van der Waals surface area contributed by atoms with E-state index in [1.807, 2.05) is 24.9 Å². The van der Waals surface area contributed by atoms with Gasteiger partial charge in [0, 0.05) is 26.7 Å². The number of sulfonamides is 1. The number of nitrogens with zero attached hydrogens (tertiary/aromatic N) is 2. The largest absolute Gasteiger partial charge is 0.369 e.